The van der Waals surface area contributed by atoms with Crippen molar-refractivity contribution in [1.82, 2.24) is 0 Å². The normalized spacial score (nSPS) is 10.5. The van der Waals surface area contributed by atoms with Gasteiger partial charge in [-0.3, -0.25) is 0 Å². The van der Waals surface area contributed by atoms with Gasteiger partial charge in [0.1, 0.15) is 11.5 Å². The third-order valence-corrected chi connectivity index (χ3v) is 1.72. The van der Waals surface area contributed by atoms with Gasteiger partial charge < -0.3 is 34.1 Å². The Balaban J connectivity index is 0.000000406. The fourth-order valence-corrected chi connectivity index (χ4v) is 1.11. The maximum Gasteiger partial charge on any atom is 0.466 e. The molecule has 2 rings (SSSR count). The van der Waals surface area contributed by atoms with E-state index in [0.717, 1.165) is 11.5 Å². The van der Waals surface area contributed by atoms with Gasteiger partial charge in [0.05, 0.1) is 0 Å². The van der Waals surface area contributed by atoms with Gasteiger partial charge in [-0.15, -0.1) is 0 Å². The summed E-state index contributed by atoms with van der Waals surface area (Å²) in [7, 11) is -9.28. The second-order valence-electron chi connectivity index (χ2n) is 3.75. The van der Waals surface area contributed by atoms with Gasteiger partial charge in [0.2, 0.25) is 0 Å². The second kappa shape index (κ2) is 10.3. The molecule has 0 aliphatic heterocycles. The van der Waals surface area contributed by atoms with E-state index in [0.29, 0.717) is 0 Å². The standard InChI is InChI=1S/C12H10O.2H3O4P/c1-3-7-11(8-4-1)13-12-9-5-2-6-10-12;2*1-5(2,3)4/h1-10H;2*(H3,1,2,3,4). The first-order valence-corrected chi connectivity index (χ1v) is 8.93. The zero-order chi connectivity index (χ0) is 17.9. The van der Waals surface area contributed by atoms with Crippen LogP contribution in [0.15, 0.2) is 60.7 Å². The highest BCUT2D eigenvalue weighted by molar-refractivity contribution is 7.45. The van der Waals surface area contributed by atoms with E-state index < -0.39 is 15.6 Å². The smallest absolute Gasteiger partial charge is 0.457 e. The van der Waals surface area contributed by atoms with Crippen molar-refractivity contribution in [1.29, 1.82) is 0 Å². The van der Waals surface area contributed by atoms with Gasteiger partial charge in [-0.25, -0.2) is 9.13 Å². The molecule has 2 aromatic rings. The molecule has 0 saturated heterocycles. The molecular weight excluding hydrogens is 350 g/mol. The third-order valence-electron chi connectivity index (χ3n) is 1.72. The number of hydrogen-bond acceptors (Lipinski definition) is 3. The van der Waals surface area contributed by atoms with Gasteiger partial charge in [0.25, 0.3) is 0 Å². The number of rotatable bonds is 2. The van der Waals surface area contributed by atoms with Crippen molar-refractivity contribution < 1.29 is 43.2 Å². The maximum atomic E-state index is 8.88. The van der Waals surface area contributed by atoms with Crippen LogP contribution in [0.5, 0.6) is 11.5 Å². The van der Waals surface area contributed by atoms with E-state index in [4.69, 9.17) is 43.2 Å². The zero-order valence-electron chi connectivity index (χ0n) is 11.6. The Morgan fingerprint density at radius 1 is 0.565 bits per heavy atom. The van der Waals surface area contributed by atoms with Crippen LogP contribution in [-0.4, -0.2) is 29.4 Å². The van der Waals surface area contributed by atoms with Gasteiger partial charge in [0, 0.05) is 0 Å². The van der Waals surface area contributed by atoms with Crippen LogP contribution < -0.4 is 4.74 Å². The molecular formula is C12H16O9P2. The average molecular weight is 366 g/mol. The molecule has 0 amide bonds. The van der Waals surface area contributed by atoms with Crippen LogP contribution in [0, 0.1) is 0 Å². The van der Waals surface area contributed by atoms with Crippen LogP contribution in [0.2, 0.25) is 0 Å². The minimum absolute atomic E-state index is 0.869. The lowest BCUT2D eigenvalue weighted by molar-refractivity contribution is 0.272. The first kappa shape index (κ1) is 21.5. The summed E-state index contributed by atoms with van der Waals surface area (Å²) in [6, 6.07) is 19.5. The maximum absolute atomic E-state index is 8.88. The minimum Gasteiger partial charge on any atom is -0.457 e. The number of benzene rings is 2. The highest BCUT2D eigenvalue weighted by Crippen LogP contribution is 2.26. The van der Waals surface area contributed by atoms with Crippen LogP contribution >= 0.6 is 15.6 Å². The van der Waals surface area contributed by atoms with E-state index in [-0.39, 0.29) is 0 Å². The van der Waals surface area contributed by atoms with Crippen molar-refractivity contribution >= 4 is 15.6 Å². The molecule has 0 atom stereocenters. The number of hydrogen-bond donors (Lipinski definition) is 6. The Morgan fingerprint density at radius 3 is 1.00 bits per heavy atom. The summed E-state index contributed by atoms with van der Waals surface area (Å²) in [5.74, 6) is 1.74. The molecule has 0 saturated carbocycles. The van der Waals surface area contributed by atoms with Crippen LogP contribution in [0.3, 0.4) is 0 Å². The lowest BCUT2D eigenvalue weighted by Crippen LogP contribution is -1.81. The Bertz CT molecular complexity index is 562. The summed E-state index contributed by atoms with van der Waals surface area (Å²) >= 11 is 0. The van der Waals surface area contributed by atoms with E-state index in [1.165, 1.54) is 0 Å². The van der Waals surface area contributed by atoms with Gasteiger partial charge in [-0.1, -0.05) is 36.4 Å². The van der Waals surface area contributed by atoms with Crippen LogP contribution in [0.4, 0.5) is 0 Å². The molecule has 0 radical (unpaired) electrons. The highest BCUT2D eigenvalue weighted by atomic mass is 31.2. The first-order chi connectivity index (χ1) is 10.4. The lowest BCUT2D eigenvalue weighted by atomic mass is 10.3. The quantitative estimate of drug-likeness (QED) is 0.433. The van der Waals surface area contributed by atoms with E-state index in [9.17, 15) is 0 Å². The molecule has 9 nitrogen and oxygen atoms in total. The van der Waals surface area contributed by atoms with Crippen LogP contribution in [0.1, 0.15) is 0 Å². The molecule has 0 aliphatic rings. The van der Waals surface area contributed by atoms with Crippen molar-refractivity contribution in [2.45, 2.75) is 0 Å². The van der Waals surface area contributed by atoms with Gasteiger partial charge in [-0.05, 0) is 24.3 Å². The Morgan fingerprint density at radius 2 is 0.783 bits per heavy atom. The van der Waals surface area contributed by atoms with Gasteiger partial charge in [0.15, 0.2) is 0 Å². The Labute approximate surface area is 131 Å². The third kappa shape index (κ3) is 20.5. The molecule has 6 N–H and O–H groups in total. The number of para-hydroxylation sites is 2. The topological polar surface area (TPSA) is 165 Å². The summed E-state index contributed by atoms with van der Waals surface area (Å²) in [5.41, 5.74) is 0. The van der Waals surface area contributed by atoms with E-state index in [1.54, 1.807) is 0 Å². The molecule has 0 bridgehead atoms. The predicted octanol–water partition coefficient (Wildman–Crippen LogP) is 1.62. The SMILES string of the molecule is O=P(O)(O)O.O=P(O)(O)O.c1ccc(Oc2ccccc2)cc1. The number of phosphoric acid groups is 2. The molecule has 11 heteroatoms. The largest absolute Gasteiger partial charge is 0.466 e. The highest BCUT2D eigenvalue weighted by Gasteiger charge is 2.00. The van der Waals surface area contributed by atoms with Crippen molar-refractivity contribution in [3.8, 4) is 11.5 Å². The summed E-state index contributed by atoms with van der Waals surface area (Å²) < 4.78 is 23.3. The van der Waals surface area contributed by atoms with Crippen molar-refractivity contribution in [2.75, 3.05) is 0 Å². The molecule has 0 spiro atoms. The van der Waals surface area contributed by atoms with Crippen molar-refractivity contribution in [2.24, 2.45) is 0 Å². The van der Waals surface area contributed by atoms with Gasteiger partial charge in [-0.2, -0.15) is 0 Å². The lowest BCUT2D eigenvalue weighted by Gasteiger charge is -2.03. The molecule has 0 aliphatic carbocycles. The molecule has 0 fully saturated rings. The summed E-state index contributed by atoms with van der Waals surface area (Å²) in [6.07, 6.45) is 0. The average Bonchev–Trinajstić information content (AvgIpc) is 2.37. The van der Waals surface area contributed by atoms with Crippen LogP contribution in [-0.2, 0) is 9.13 Å². The van der Waals surface area contributed by atoms with E-state index in [1.807, 2.05) is 60.7 Å². The molecule has 0 unspecified atom stereocenters. The Kier molecular flexibility index (Phi) is 9.59. The zero-order valence-corrected chi connectivity index (χ0v) is 13.4. The second-order valence-corrected chi connectivity index (χ2v) is 5.81. The molecule has 128 valence electrons. The summed E-state index contributed by atoms with van der Waals surface area (Å²) in [4.78, 5) is 43.1. The fourth-order valence-electron chi connectivity index (χ4n) is 1.11. The first-order valence-electron chi connectivity index (χ1n) is 5.79. The van der Waals surface area contributed by atoms with Gasteiger partial charge >= 0.3 is 15.6 Å². The van der Waals surface area contributed by atoms with Crippen LogP contribution in [0.25, 0.3) is 0 Å². The van der Waals surface area contributed by atoms with Crippen molar-refractivity contribution in [3.05, 3.63) is 60.7 Å². The van der Waals surface area contributed by atoms with Crippen molar-refractivity contribution in [3.63, 3.8) is 0 Å². The molecule has 0 aromatic heterocycles. The molecule has 23 heavy (non-hydrogen) atoms. The molecule has 0 heterocycles. The monoisotopic (exact) mass is 366 g/mol. The summed E-state index contributed by atoms with van der Waals surface area (Å²) in [6.45, 7) is 0. The minimum atomic E-state index is -4.64. The number of ether oxygens (including phenoxy) is 1. The summed E-state index contributed by atoms with van der Waals surface area (Å²) in [5, 5.41) is 0. The van der Waals surface area contributed by atoms with E-state index in [2.05, 4.69) is 0 Å². The molecule has 2 aromatic carbocycles. The fraction of sp³-hybridized carbons (Fsp3) is 0. The predicted molar refractivity (Wildman–Crippen MR) is 81.5 cm³/mol. The van der Waals surface area contributed by atoms with E-state index >= 15 is 0 Å². The Hall–Kier alpha value is -1.54.